The van der Waals surface area contributed by atoms with E-state index in [2.05, 4.69) is 5.16 Å². The molecule has 0 bridgehead atoms. The van der Waals surface area contributed by atoms with E-state index in [0.717, 1.165) is 0 Å². The largest absolute Gasteiger partial charge is 0.409 e. The molecule has 1 fully saturated rings. The van der Waals surface area contributed by atoms with E-state index in [1.165, 1.54) is 18.2 Å². The lowest BCUT2D eigenvalue weighted by Crippen LogP contribution is -2.50. The van der Waals surface area contributed by atoms with Crippen LogP contribution in [0.3, 0.4) is 0 Å². The smallest absolute Gasteiger partial charge is 0.255 e. The number of hydrogen-bond donors (Lipinski definition) is 2. The summed E-state index contributed by atoms with van der Waals surface area (Å²) in [6, 6.07) is 4.19. The van der Waals surface area contributed by atoms with Crippen LogP contribution < -0.4 is 5.73 Å². The molecule has 0 unspecified atom stereocenters. The maximum atomic E-state index is 13.4. The summed E-state index contributed by atoms with van der Waals surface area (Å²) in [5.74, 6) is -0.765. The second kappa shape index (κ2) is 6.73. The average Bonchev–Trinajstić information content (AvgIpc) is 2.50. The van der Waals surface area contributed by atoms with E-state index in [-0.39, 0.29) is 22.3 Å². The summed E-state index contributed by atoms with van der Waals surface area (Å²) in [7, 11) is 0. The third-order valence-electron chi connectivity index (χ3n) is 3.36. The number of oxime groups is 1. The van der Waals surface area contributed by atoms with E-state index in [9.17, 15) is 9.18 Å². The monoisotopic (exact) mass is 314 g/mol. The van der Waals surface area contributed by atoms with Crippen LogP contribution in [0.4, 0.5) is 4.39 Å². The van der Waals surface area contributed by atoms with E-state index < -0.39 is 5.82 Å². The highest BCUT2D eigenvalue weighted by atomic mass is 35.5. The molecule has 0 aromatic heterocycles. The van der Waals surface area contributed by atoms with Gasteiger partial charge < -0.3 is 15.8 Å². The molecule has 1 saturated heterocycles. The molecule has 0 spiro atoms. The van der Waals surface area contributed by atoms with Gasteiger partial charge in [0.1, 0.15) is 5.82 Å². The van der Waals surface area contributed by atoms with Crippen molar-refractivity contribution in [3.8, 4) is 0 Å². The number of nitrogens with zero attached hydrogens (tertiary/aromatic N) is 3. The number of amidine groups is 1. The second-order valence-electron chi connectivity index (χ2n) is 4.76. The van der Waals surface area contributed by atoms with Crippen molar-refractivity contribution in [2.45, 2.75) is 0 Å². The van der Waals surface area contributed by atoms with Crippen LogP contribution in [-0.2, 0) is 0 Å². The van der Waals surface area contributed by atoms with Crippen molar-refractivity contribution < 1.29 is 14.4 Å². The maximum absolute atomic E-state index is 13.4. The van der Waals surface area contributed by atoms with Gasteiger partial charge in [0.05, 0.1) is 17.1 Å². The van der Waals surface area contributed by atoms with Crippen molar-refractivity contribution in [1.29, 1.82) is 0 Å². The molecule has 2 rings (SSSR count). The Morgan fingerprint density at radius 3 is 2.67 bits per heavy atom. The summed E-state index contributed by atoms with van der Waals surface area (Å²) in [5.41, 5.74) is 5.61. The van der Waals surface area contributed by atoms with Crippen LogP contribution in [-0.4, -0.2) is 59.5 Å². The molecule has 1 amide bonds. The Hall–Kier alpha value is -1.86. The highest BCUT2D eigenvalue weighted by Crippen LogP contribution is 2.21. The standard InChI is InChI=1S/C13H16ClFN4O2/c14-12-9(2-1-3-10(12)15)13(20)19-6-4-18(5-7-19)8-11(16)17-21/h1-3,21H,4-8H2,(H2,16,17). The molecule has 1 aliphatic heterocycles. The highest BCUT2D eigenvalue weighted by molar-refractivity contribution is 6.34. The van der Waals surface area contributed by atoms with E-state index >= 15 is 0 Å². The van der Waals surface area contributed by atoms with Crippen molar-refractivity contribution in [3.63, 3.8) is 0 Å². The van der Waals surface area contributed by atoms with Crippen molar-refractivity contribution in [2.24, 2.45) is 10.9 Å². The zero-order valence-electron chi connectivity index (χ0n) is 11.3. The maximum Gasteiger partial charge on any atom is 0.255 e. The van der Waals surface area contributed by atoms with Crippen LogP contribution in [0.15, 0.2) is 23.4 Å². The fourth-order valence-electron chi connectivity index (χ4n) is 2.21. The molecule has 8 heteroatoms. The van der Waals surface area contributed by atoms with Crippen molar-refractivity contribution in [3.05, 3.63) is 34.6 Å². The molecule has 1 heterocycles. The van der Waals surface area contributed by atoms with Crippen molar-refractivity contribution in [1.82, 2.24) is 9.80 Å². The first kappa shape index (κ1) is 15.5. The Kier molecular flexibility index (Phi) is 4.98. The van der Waals surface area contributed by atoms with Gasteiger partial charge in [0, 0.05) is 26.2 Å². The summed E-state index contributed by atoms with van der Waals surface area (Å²) in [5, 5.41) is 11.3. The number of amides is 1. The van der Waals surface area contributed by atoms with Crippen LogP contribution in [0.2, 0.25) is 5.02 Å². The Labute approximate surface area is 126 Å². The van der Waals surface area contributed by atoms with Crippen molar-refractivity contribution >= 4 is 23.3 Å². The molecule has 0 aliphatic carbocycles. The van der Waals surface area contributed by atoms with Gasteiger partial charge >= 0.3 is 0 Å². The number of carbonyl (C=O) groups excluding carboxylic acids is 1. The molecular formula is C13H16ClFN4O2. The lowest BCUT2D eigenvalue weighted by Gasteiger charge is -2.34. The number of halogens is 2. The summed E-state index contributed by atoms with van der Waals surface area (Å²) in [6.07, 6.45) is 0. The SMILES string of the molecule is N/C(CN1CCN(C(=O)c2cccc(F)c2Cl)CC1)=N/O. The Morgan fingerprint density at radius 2 is 2.05 bits per heavy atom. The van der Waals surface area contributed by atoms with Gasteiger partial charge in [0.15, 0.2) is 5.84 Å². The third kappa shape index (κ3) is 3.62. The van der Waals surface area contributed by atoms with Crippen molar-refractivity contribution in [2.75, 3.05) is 32.7 Å². The minimum Gasteiger partial charge on any atom is -0.409 e. The van der Waals surface area contributed by atoms with E-state index in [0.29, 0.717) is 32.7 Å². The molecule has 0 atom stereocenters. The molecule has 1 aromatic carbocycles. The number of hydrogen-bond acceptors (Lipinski definition) is 4. The van der Waals surface area contributed by atoms with Crippen LogP contribution >= 0.6 is 11.6 Å². The highest BCUT2D eigenvalue weighted by Gasteiger charge is 2.24. The zero-order valence-corrected chi connectivity index (χ0v) is 12.1. The molecule has 1 aromatic rings. The summed E-state index contributed by atoms with van der Waals surface area (Å²) in [4.78, 5) is 15.9. The van der Waals surface area contributed by atoms with E-state index in [1.54, 1.807) is 4.90 Å². The topological polar surface area (TPSA) is 82.2 Å². The number of nitrogens with two attached hydrogens (primary N) is 1. The number of piperazine rings is 1. The molecule has 0 radical (unpaired) electrons. The van der Waals surface area contributed by atoms with Crippen LogP contribution in [0.5, 0.6) is 0 Å². The minimum atomic E-state index is -0.604. The van der Waals surface area contributed by atoms with Gasteiger partial charge in [-0.15, -0.1) is 0 Å². The molecule has 21 heavy (non-hydrogen) atoms. The molecular weight excluding hydrogens is 299 g/mol. The summed E-state index contributed by atoms with van der Waals surface area (Å²) < 4.78 is 13.4. The predicted molar refractivity (Wildman–Crippen MR) is 77.2 cm³/mol. The predicted octanol–water partition coefficient (Wildman–Crippen LogP) is 0.983. The van der Waals surface area contributed by atoms with Crippen LogP contribution in [0.1, 0.15) is 10.4 Å². The number of rotatable bonds is 3. The van der Waals surface area contributed by atoms with Gasteiger partial charge in [0.25, 0.3) is 5.91 Å². The van der Waals surface area contributed by atoms with Gasteiger partial charge in [-0.05, 0) is 12.1 Å². The van der Waals surface area contributed by atoms with E-state index in [4.69, 9.17) is 22.5 Å². The molecule has 0 saturated carbocycles. The average molecular weight is 315 g/mol. The fraction of sp³-hybridized carbons (Fsp3) is 0.385. The number of benzene rings is 1. The molecule has 6 nitrogen and oxygen atoms in total. The first-order chi connectivity index (χ1) is 10.0. The first-order valence-corrected chi connectivity index (χ1v) is 6.82. The van der Waals surface area contributed by atoms with Gasteiger partial charge in [-0.3, -0.25) is 9.69 Å². The Morgan fingerprint density at radius 1 is 1.38 bits per heavy atom. The molecule has 3 N–H and O–H groups in total. The van der Waals surface area contributed by atoms with Gasteiger partial charge in [-0.25, -0.2) is 4.39 Å². The zero-order chi connectivity index (χ0) is 15.4. The lowest BCUT2D eigenvalue weighted by molar-refractivity contribution is 0.0653. The van der Waals surface area contributed by atoms with Gasteiger partial charge in [-0.2, -0.15) is 0 Å². The number of carbonyl (C=O) groups is 1. The first-order valence-electron chi connectivity index (χ1n) is 6.45. The lowest BCUT2D eigenvalue weighted by atomic mass is 10.1. The summed E-state index contributed by atoms with van der Waals surface area (Å²) in [6.45, 7) is 2.48. The third-order valence-corrected chi connectivity index (χ3v) is 3.74. The quantitative estimate of drug-likeness (QED) is 0.377. The van der Waals surface area contributed by atoms with Gasteiger partial charge in [-0.1, -0.05) is 22.8 Å². The normalized spacial score (nSPS) is 17.0. The van der Waals surface area contributed by atoms with Gasteiger partial charge in [0.2, 0.25) is 0 Å². The molecule has 114 valence electrons. The van der Waals surface area contributed by atoms with Crippen LogP contribution in [0.25, 0.3) is 0 Å². The minimum absolute atomic E-state index is 0.128. The fourth-order valence-corrected chi connectivity index (χ4v) is 2.42. The van der Waals surface area contributed by atoms with Crippen LogP contribution in [0, 0.1) is 5.82 Å². The molecule has 1 aliphatic rings. The summed E-state index contributed by atoms with van der Waals surface area (Å²) >= 11 is 5.83. The Balaban J connectivity index is 1.99. The second-order valence-corrected chi connectivity index (χ2v) is 5.14. The Bertz CT molecular complexity index is 559. The van der Waals surface area contributed by atoms with E-state index in [1.807, 2.05) is 4.90 Å².